The molecule has 4 nitrogen and oxygen atoms in total. The lowest BCUT2D eigenvalue weighted by Crippen LogP contribution is -2.24. The number of hydrogen-bond acceptors (Lipinski definition) is 4. The predicted molar refractivity (Wildman–Crippen MR) is 87.0 cm³/mol. The summed E-state index contributed by atoms with van der Waals surface area (Å²) < 4.78 is 5.73. The maximum Gasteiger partial charge on any atom is 0.218 e. The molecule has 1 N–H and O–H groups in total. The van der Waals surface area contributed by atoms with E-state index in [2.05, 4.69) is 38.0 Å². The largest absolute Gasteiger partial charge is 0.478 e. The zero-order valence-electron chi connectivity index (χ0n) is 13.9. The first-order valence-electron chi connectivity index (χ1n) is 8.28. The van der Waals surface area contributed by atoms with Crippen molar-refractivity contribution in [3.63, 3.8) is 0 Å². The minimum atomic E-state index is -0.0748. The van der Waals surface area contributed by atoms with Crippen molar-refractivity contribution in [2.75, 3.05) is 11.9 Å². The number of nitrogens with one attached hydrogen (secondary N) is 1. The minimum absolute atomic E-state index is 0.0748. The van der Waals surface area contributed by atoms with E-state index in [4.69, 9.17) is 9.72 Å². The molecule has 1 saturated carbocycles. The highest BCUT2D eigenvalue weighted by Crippen LogP contribution is 2.26. The van der Waals surface area contributed by atoms with Gasteiger partial charge in [-0.25, -0.2) is 4.98 Å². The van der Waals surface area contributed by atoms with Gasteiger partial charge in [0.25, 0.3) is 0 Å². The molecule has 0 bridgehead atoms. The third-order valence-electron chi connectivity index (χ3n) is 3.78. The van der Waals surface area contributed by atoms with Gasteiger partial charge in [0.2, 0.25) is 5.88 Å². The Hall–Kier alpha value is -1.32. The van der Waals surface area contributed by atoms with Crippen molar-refractivity contribution in [1.82, 2.24) is 9.97 Å². The van der Waals surface area contributed by atoms with Gasteiger partial charge in [-0.15, -0.1) is 0 Å². The number of ether oxygens (including phenoxy) is 1. The van der Waals surface area contributed by atoms with Crippen molar-refractivity contribution >= 4 is 5.82 Å². The number of rotatable bonds is 5. The fourth-order valence-electron chi connectivity index (χ4n) is 2.57. The van der Waals surface area contributed by atoms with Gasteiger partial charge in [-0.2, -0.15) is 4.98 Å². The average Bonchev–Trinajstić information content (AvgIpc) is 2.45. The highest BCUT2D eigenvalue weighted by Gasteiger charge is 2.21. The van der Waals surface area contributed by atoms with Crippen molar-refractivity contribution in [3.8, 4) is 5.88 Å². The van der Waals surface area contributed by atoms with Crippen LogP contribution in [0.4, 0.5) is 5.82 Å². The lowest BCUT2D eigenvalue weighted by Gasteiger charge is -2.25. The lowest BCUT2D eigenvalue weighted by atomic mass is 9.95. The number of anilines is 1. The van der Waals surface area contributed by atoms with E-state index in [0.29, 0.717) is 18.5 Å². The molecule has 0 aliphatic heterocycles. The number of nitrogens with zero attached hydrogens (tertiary/aromatic N) is 2. The van der Waals surface area contributed by atoms with Crippen molar-refractivity contribution < 1.29 is 4.74 Å². The van der Waals surface area contributed by atoms with E-state index in [1.807, 2.05) is 6.07 Å². The molecule has 0 amide bonds. The Morgan fingerprint density at radius 3 is 2.52 bits per heavy atom. The molecule has 0 atom stereocenters. The molecule has 1 aromatic heterocycles. The third-order valence-corrected chi connectivity index (χ3v) is 3.78. The quantitative estimate of drug-likeness (QED) is 0.878. The Labute approximate surface area is 128 Å². The second-order valence-corrected chi connectivity index (χ2v) is 6.99. The minimum Gasteiger partial charge on any atom is -0.478 e. The average molecular weight is 291 g/mol. The monoisotopic (exact) mass is 291 g/mol. The molecule has 1 fully saturated rings. The Bertz CT molecular complexity index is 448. The molecule has 1 aromatic rings. The van der Waals surface area contributed by atoms with Crippen molar-refractivity contribution in [3.05, 3.63) is 11.9 Å². The van der Waals surface area contributed by atoms with Gasteiger partial charge < -0.3 is 10.1 Å². The van der Waals surface area contributed by atoms with Crippen LogP contribution in [0.5, 0.6) is 5.88 Å². The molecular weight excluding hydrogens is 262 g/mol. The van der Waals surface area contributed by atoms with Crippen LogP contribution >= 0.6 is 0 Å². The Morgan fingerprint density at radius 1 is 1.19 bits per heavy atom. The first-order chi connectivity index (χ1) is 9.99. The molecule has 2 rings (SSSR count). The van der Waals surface area contributed by atoms with Gasteiger partial charge in [0, 0.05) is 17.5 Å². The molecule has 0 spiro atoms. The summed E-state index contributed by atoms with van der Waals surface area (Å²) in [7, 11) is 0. The van der Waals surface area contributed by atoms with Gasteiger partial charge in [-0.1, -0.05) is 47.0 Å². The second-order valence-electron chi connectivity index (χ2n) is 6.99. The molecule has 0 unspecified atom stereocenters. The van der Waals surface area contributed by atoms with Crippen LogP contribution in [0.1, 0.15) is 72.0 Å². The highest BCUT2D eigenvalue weighted by molar-refractivity contribution is 5.40. The van der Waals surface area contributed by atoms with Gasteiger partial charge in [0.15, 0.2) is 0 Å². The first kappa shape index (κ1) is 16.1. The van der Waals surface area contributed by atoms with E-state index in [9.17, 15) is 0 Å². The van der Waals surface area contributed by atoms with Gasteiger partial charge in [0.1, 0.15) is 11.6 Å². The van der Waals surface area contributed by atoms with E-state index in [1.165, 1.54) is 32.1 Å². The Balaban J connectivity index is 2.17. The topological polar surface area (TPSA) is 47.0 Å². The van der Waals surface area contributed by atoms with Crippen LogP contribution in [0.25, 0.3) is 0 Å². The maximum absolute atomic E-state index is 5.73. The van der Waals surface area contributed by atoms with Crippen LogP contribution < -0.4 is 10.1 Å². The summed E-state index contributed by atoms with van der Waals surface area (Å²) in [6, 6.07) is 2.49. The molecule has 118 valence electrons. The van der Waals surface area contributed by atoms with E-state index in [-0.39, 0.29) is 5.41 Å². The molecular formula is C17H29N3O. The van der Waals surface area contributed by atoms with Crippen LogP contribution in [-0.2, 0) is 5.41 Å². The molecule has 1 heterocycles. The zero-order valence-corrected chi connectivity index (χ0v) is 13.9. The summed E-state index contributed by atoms with van der Waals surface area (Å²) in [5, 5.41) is 3.58. The fourth-order valence-corrected chi connectivity index (χ4v) is 2.57. The van der Waals surface area contributed by atoms with E-state index < -0.39 is 0 Å². The number of aromatic nitrogens is 2. The second kappa shape index (κ2) is 7.10. The van der Waals surface area contributed by atoms with Crippen LogP contribution in [0.3, 0.4) is 0 Å². The van der Waals surface area contributed by atoms with Crippen LogP contribution in [0.15, 0.2) is 6.07 Å². The standard InChI is InChI=1S/C17H29N3O/c1-5-11-21-15-12-14(18-13-9-7-6-8-10-13)19-16(20-15)17(2,3)4/h12-13H,5-11H2,1-4H3,(H,18,19,20). The summed E-state index contributed by atoms with van der Waals surface area (Å²) >= 11 is 0. The Morgan fingerprint density at radius 2 is 1.90 bits per heavy atom. The normalized spacial score (nSPS) is 16.8. The lowest BCUT2D eigenvalue weighted by molar-refractivity contribution is 0.301. The van der Waals surface area contributed by atoms with Crippen LogP contribution in [-0.4, -0.2) is 22.6 Å². The van der Waals surface area contributed by atoms with Gasteiger partial charge in [0.05, 0.1) is 6.61 Å². The summed E-state index contributed by atoms with van der Waals surface area (Å²) in [5.74, 6) is 2.44. The van der Waals surface area contributed by atoms with Crippen molar-refractivity contribution in [1.29, 1.82) is 0 Å². The summed E-state index contributed by atoms with van der Waals surface area (Å²) in [6.45, 7) is 9.21. The molecule has 21 heavy (non-hydrogen) atoms. The van der Waals surface area contributed by atoms with Crippen molar-refractivity contribution in [2.45, 2.75) is 77.7 Å². The van der Waals surface area contributed by atoms with E-state index in [0.717, 1.165) is 18.1 Å². The maximum atomic E-state index is 5.73. The molecule has 1 aliphatic rings. The van der Waals surface area contributed by atoms with Crippen LogP contribution in [0.2, 0.25) is 0 Å². The van der Waals surface area contributed by atoms with E-state index >= 15 is 0 Å². The van der Waals surface area contributed by atoms with Crippen molar-refractivity contribution in [2.24, 2.45) is 0 Å². The molecule has 4 heteroatoms. The molecule has 1 aliphatic carbocycles. The van der Waals surface area contributed by atoms with Gasteiger partial charge in [-0.3, -0.25) is 0 Å². The number of hydrogen-bond donors (Lipinski definition) is 1. The SMILES string of the molecule is CCCOc1cc(NC2CCCCC2)nc(C(C)(C)C)n1. The third kappa shape index (κ3) is 4.87. The smallest absolute Gasteiger partial charge is 0.218 e. The molecule has 0 radical (unpaired) electrons. The molecule has 0 aromatic carbocycles. The Kier molecular flexibility index (Phi) is 5.43. The molecule has 0 saturated heterocycles. The summed E-state index contributed by atoms with van der Waals surface area (Å²) in [5.41, 5.74) is -0.0748. The highest BCUT2D eigenvalue weighted by atomic mass is 16.5. The fraction of sp³-hybridized carbons (Fsp3) is 0.765. The summed E-state index contributed by atoms with van der Waals surface area (Å²) in [6.07, 6.45) is 7.45. The zero-order chi connectivity index (χ0) is 15.3. The van der Waals surface area contributed by atoms with Gasteiger partial charge in [-0.05, 0) is 19.3 Å². The van der Waals surface area contributed by atoms with Crippen LogP contribution in [0, 0.1) is 0 Å². The predicted octanol–water partition coefficient (Wildman–Crippen LogP) is 4.31. The first-order valence-corrected chi connectivity index (χ1v) is 8.28. The van der Waals surface area contributed by atoms with E-state index in [1.54, 1.807) is 0 Å². The summed E-state index contributed by atoms with van der Waals surface area (Å²) in [4.78, 5) is 9.27. The van der Waals surface area contributed by atoms with Gasteiger partial charge >= 0.3 is 0 Å².